The molecule has 254 valence electrons. The number of nitrogens with zero attached hydrogens (tertiary/aromatic N) is 4. The molecule has 5 rings (SSSR count). The number of sulfonamides is 1. The third-order valence-electron chi connectivity index (χ3n) is 8.92. The Kier molecular flexibility index (Phi) is 10.4. The molecular formula is C35H41N5O7S. The van der Waals surface area contributed by atoms with Crippen molar-refractivity contribution < 1.29 is 32.2 Å². The number of rotatable bonds is 13. The molecule has 2 aliphatic heterocycles. The fourth-order valence-corrected chi connectivity index (χ4v) is 8.13. The Labute approximate surface area is 281 Å². The molecule has 2 heterocycles. The molecule has 0 saturated carbocycles. The number of likely N-dealkylation sites (N-methyl/N-ethyl adjacent to an activating group) is 1. The summed E-state index contributed by atoms with van der Waals surface area (Å²) in [6.07, 6.45) is 1.83. The number of nitrogens with one attached hydrogen (secondary N) is 1. The van der Waals surface area contributed by atoms with E-state index >= 15 is 4.79 Å². The summed E-state index contributed by atoms with van der Waals surface area (Å²) in [5.41, 5.74) is -0.0212. The van der Waals surface area contributed by atoms with Gasteiger partial charge >= 0.3 is 0 Å². The summed E-state index contributed by atoms with van der Waals surface area (Å²) >= 11 is 0. The van der Waals surface area contributed by atoms with Gasteiger partial charge in [-0.2, -0.15) is 5.26 Å². The van der Waals surface area contributed by atoms with Crippen LogP contribution in [-0.2, 0) is 36.4 Å². The fraction of sp³-hybridized carbons (Fsp3) is 0.400. The number of hydrogen-bond acceptors (Lipinski definition) is 10. The van der Waals surface area contributed by atoms with Gasteiger partial charge in [-0.3, -0.25) is 14.5 Å². The number of fused-ring (bicyclic) bond motifs is 1. The Morgan fingerprint density at radius 3 is 2.44 bits per heavy atom. The van der Waals surface area contributed by atoms with Gasteiger partial charge in [-0.15, -0.1) is 0 Å². The van der Waals surface area contributed by atoms with Crippen LogP contribution in [-0.4, -0.2) is 91.2 Å². The molecular weight excluding hydrogens is 634 g/mol. The Balaban J connectivity index is 1.80. The maximum absolute atomic E-state index is 15.5. The van der Waals surface area contributed by atoms with Crippen molar-refractivity contribution >= 4 is 27.5 Å². The van der Waals surface area contributed by atoms with Crippen LogP contribution in [0.2, 0.25) is 0 Å². The molecule has 1 unspecified atom stereocenters. The van der Waals surface area contributed by atoms with Gasteiger partial charge < -0.3 is 24.4 Å². The van der Waals surface area contributed by atoms with E-state index in [0.29, 0.717) is 56.1 Å². The number of likely N-dealkylation sites (tertiary alicyclic amines) is 1. The van der Waals surface area contributed by atoms with Gasteiger partial charge in [0.25, 0.3) is 15.9 Å². The van der Waals surface area contributed by atoms with Gasteiger partial charge in [0.05, 0.1) is 42.5 Å². The number of benzene rings is 3. The minimum atomic E-state index is -4.50. The molecule has 1 saturated heterocycles. The molecule has 1 N–H and O–H groups in total. The van der Waals surface area contributed by atoms with Gasteiger partial charge in [0, 0.05) is 52.0 Å². The first-order chi connectivity index (χ1) is 23.1. The van der Waals surface area contributed by atoms with Gasteiger partial charge in [-0.25, -0.2) is 12.7 Å². The average Bonchev–Trinajstić information content (AvgIpc) is 3.68. The second kappa shape index (κ2) is 14.3. The summed E-state index contributed by atoms with van der Waals surface area (Å²) in [4.78, 5) is 32.4. The predicted octanol–water partition coefficient (Wildman–Crippen LogP) is 3.23. The van der Waals surface area contributed by atoms with Crippen molar-refractivity contribution in [1.82, 2.24) is 15.1 Å². The lowest BCUT2D eigenvalue weighted by atomic mass is 9.79. The molecule has 0 radical (unpaired) electrons. The molecule has 3 aromatic rings. The van der Waals surface area contributed by atoms with E-state index < -0.39 is 27.5 Å². The minimum absolute atomic E-state index is 0.0999. The van der Waals surface area contributed by atoms with Crippen molar-refractivity contribution in [2.45, 2.75) is 42.3 Å². The van der Waals surface area contributed by atoms with E-state index in [0.717, 1.165) is 16.3 Å². The van der Waals surface area contributed by atoms with Crippen LogP contribution in [0.15, 0.2) is 65.6 Å². The van der Waals surface area contributed by atoms with Crippen LogP contribution in [0.5, 0.6) is 11.5 Å². The van der Waals surface area contributed by atoms with Crippen LogP contribution in [0.25, 0.3) is 0 Å². The standard InChI is InChI=1S/C35H41N5O7S/c1-38(2)33(41)31-8-6-18-39(31)35(29-21-25(10-16-32(29)47-5)23-37-17-7-19-45-3)28-20-24(22-36)9-15-30(28)40(34(35)42)48(43,44)27-13-11-26(46-4)12-14-27/h9-16,20-21,31,37H,6-8,17-19,23H2,1-5H3/t31?,35-/m0/s1. The van der Waals surface area contributed by atoms with Gasteiger partial charge in [0.1, 0.15) is 11.5 Å². The van der Waals surface area contributed by atoms with Crippen LogP contribution in [0.3, 0.4) is 0 Å². The van der Waals surface area contributed by atoms with E-state index in [1.165, 1.54) is 55.5 Å². The van der Waals surface area contributed by atoms with Crippen LogP contribution >= 0.6 is 0 Å². The zero-order chi connectivity index (χ0) is 34.6. The van der Waals surface area contributed by atoms with Crippen molar-refractivity contribution in [3.8, 4) is 17.6 Å². The molecule has 0 spiro atoms. The topological polar surface area (TPSA) is 142 Å². The number of carbonyl (C=O) groups excluding carboxylic acids is 2. The van der Waals surface area contributed by atoms with Crippen LogP contribution in [0, 0.1) is 11.3 Å². The van der Waals surface area contributed by atoms with Crippen LogP contribution < -0.4 is 19.1 Å². The van der Waals surface area contributed by atoms with Crippen LogP contribution in [0.1, 0.15) is 41.5 Å². The van der Waals surface area contributed by atoms with E-state index in [1.807, 2.05) is 12.1 Å². The summed E-state index contributed by atoms with van der Waals surface area (Å²) < 4.78 is 46.1. The smallest absolute Gasteiger partial charge is 0.271 e. The van der Waals surface area contributed by atoms with Gasteiger partial charge in [-0.05, 0) is 86.0 Å². The third kappa shape index (κ3) is 6.01. The Morgan fingerprint density at radius 2 is 1.79 bits per heavy atom. The molecule has 2 amide bonds. The number of anilines is 1. The first-order valence-electron chi connectivity index (χ1n) is 15.7. The third-order valence-corrected chi connectivity index (χ3v) is 10.6. The van der Waals surface area contributed by atoms with E-state index in [4.69, 9.17) is 14.2 Å². The summed E-state index contributed by atoms with van der Waals surface area (Å²) in [5.74, 6) is -0.213. The maximum Gasteiger partial charge on any atom is 0.271 e. The summed E-state index contributed by atoms with van der Waals surface area (Å²) in [6, 6.07) is 17.2. The van der Waals surface area contributed by atoms with E-state index in [2.05, 4.69) is 11.4 Å². The second-order valence-electron chi connectivity index (χ2n) is 11.9. The number of carbonyl (C=O) groups is 2. The van der Waals surface area contributed by atoms with Crippen molar-refractivity contribution in [2.75, 3.05) is 59.4 Å². The highest BCUT2D eigenvalue weighted by molar-refractivity contribution is 7.93. The van der Waals surface area contributed by atoms with Crippen molar-refractivity contribution in [1.29, 1.82) is 5.26 Å². The molecule has 2 aliphatic rings. The fourth-order valence-electron chi connectivity index (χ4n) is 6.67. The quantitative estimate of drug-likeness (QED) is 0.269. The predicted molar refractivity (Wildman–Crippen MR) is 179 cm³/mol. The van der Waals surface area contributed by atoms with Crippen molar-refractivity contribution in [3.63, 3.8) is 0 Å². The molecule has 2 atom stereocenters. The van der Waals surface area contributed by atoms with Crippen LogP contribution in [0.4, 0.5) is 5.69 Å². The molecule has 48 heavy (non-hydrogen) atoms. The Morgan fingerprint density at radius 1 is 1.04 bits per heavy atom. The first kappa shape index (κ1) is 34.8. The number of nitriles is 1. The highest BCUT2D eigenvalue weighted by Gasteiger charge is 2.63. The minimum Gasteiger partial charge on any atom is -0.497 e. The van der Waals surface area contributed by atoms with E-state index in [-0.39, 0.29) is 27.6 Å². The highest BCUT2D eigenvalue weighted by Crippen LogP contribution is 2.54. The highest BCUT2D eigenvalue weighted by atomic mass is 32.2. The number of ether oxygens (including phenoxy) is 3. The lowest BCUT2D eigenvalue weighted by molar-refractivity contribution is -0.138. The molecule has 13 heteroatoms. The lowest BCUT2D eigenvalue weighted by Crippen LogP contribution is -2.59. The summed E-state index contributed by atoms with van der Waals surface area (Å²) in [6.45, 7) is 2.05. The lowest BCUT2D eigenvalue weighted by Gasteiger charge is -2.42. The number of methoxy groups -OCH3 is 3. The Bertz CT molecular complexity index is 1820. The van der Waals surface area contributed by atoms with E-state index in [9.17, 15) is 18.5 Å². The molecule has 0 aromatic heterocycles. The van der Waals surface area contributed by atoms with Crippen molar-refractivity contribution in [2.24, 2.45) is 0 Å². The zero-order valence-electron chi connectivity index (χ0n) is 27.9. The van der Waals surface area contributed by atoms with Gasteiger partial charge in [0.15, 0.2) is 5.54 Å². The van der Waals surface area contributed by atoms with Gasteiger partial charge in [0.2, 0.25) is 5.91 Å². The first-order valence-corrected chi connectivity index (χ1v) is 17.1. The summed E-state index contributed by atoms with van der Waals surface area (Å²) in [5, 5.41) is 13.4. The second-order valence-corrected chi connectivity index (χ2v) is 13.7. The van der Waals surface area contributed by atoms with Gasteiger partial charge in [-0.1, -0.05) is 6.07 Å². The molecule has 1 fully saturated rings. The molecule has 0 aliphatic carbocycles. The summed E-state index contributed by atoms with van der Waals surface area (Å²) in [7, 11) is 3.41. The number of hydrogen-bond donors (Lipinski definition) is 1. The Hall–Kier alpha value is -4.48. The SMILES string of the molecule is COCCCNCc1ccc(OC)c([C@]2(N3CCCC3C(=O)N(C)C)C(=O)N(S(=O)(=O)c3ccc(OC)cc3)c3ccc(C#N)cc32)c1. The average molecular weight is 676 g/mol. The molecule has 0 bridgehead atoms. The molecule has 12 nitrogen and oxygen atoms in total. The largest absolute Gasteiger partial charge is 0.497 e. The number of amides is 2. The maximum atomic E-state index is 15.5. The van der Waals surface area contributed by atoms with Crippen molar-refractivity contribution in [3.05, 3.63) is 82.9 Å². The molecule has 3 aromatic carbocycles. The normalized spacial score (nSPS) is 19.2. The zero-order valence-corrected chi connectivity index (χ0v) is 28.7. The van der Waals surface area contributed by atoms with E-state index in [1.54, 1.807) is 38.2 Å². The monoisotopic (exact) mass is 675 g/mol.